The van der Waals surface area contributed by atoms with Crippen LogP contribution in [0.3, 0.4) is 0 Å². The van der Waals surface area contributed by atoms with Crippen molar-refractivity contribution in [3.63, 3.8) is 0 Å². The molecule has 1 rings (SSSR count). The number of hydrogen-bond acceptors (Lipinski definition) is 4. The third kappa shape index (κ3) is 5.19. The highest BCUT2D eigenvalue weighted by Crippen LogP contribution is 2.26. The largest absolute Gasteiger partial charge is 0.464 e. The summed E-state index contributed by atoms with van der Waals surface area (Å²) in [5.41, 5.74) is 0. The minimum absolute atomic E-state index is 0.0576. The molecule has 1 aliphatic rings. The van der Waals surface area contributed by atoms with Crippen molar-refractivity contribution >= 4 is 12.4 Å². The minimum atomic E-state index is -0.943. The molecular weight excluding hydrogens is 246 g/mol. The van der Waals surface area contributed by atoms with Crippen molar-refractivity contribution in [2.24, 2.45) is 5.92 Å². The van der Waals surface area contributed by atoms with Gasteiger partial charge >= 0.3 is 5.97 Å². The van der Waals surface area contributed by atoms with E-state index >= 15 is 0 Å². The lowest BCUT2D eigenvalue weighted by Gasteiger charge is -2.29. The molecule has 0 spiro atoms. The van der Waals surface area contributed by atoms with Gasteiger partial charge in [0.05, 0.1) is 12.7 Å². The number of aliphatic hydroxyl groups excluding tert-OH is 1. The lowest BCUT2D eigenvalue weighted by atomic mass is 9.84. The summed E-state index contributed by atoms with van der Waals surface area (Å²) in [4.78, 5) is 22.4. The molecule has 19 heavy (non-hydrogen) atoms. The van der Waals surface area contributed by atoms with E-state index in [1.54, 1.807) is 6.92 Å². The standard InChI is InChI=1S/C14H25NO4/c1-2-19-14(18)12(15-10-16)13(17)11-8-6-4-3-5-7-9-11/h10-13,17H,2-9H2,1H3,(H,15,16). The van der Waals surface area contributed by atoms with E-state index in [2.05, 4.69) is 5.32 Å². The van der Waals surface area contributed by atoms with E-state index < -0.39 is 18.1 Å². The van der Waals surface area contributed by atoms with Crippen molar-refractivity contribution in [2.45, 2.75) is 64.0 Å². The van der Waals surface area contributed by atoms with Gasteiger partial charge in [0.25, 0.3) is 0 Å². The Morgan fingerprint density at radius 3 is 2.42 bits per heavy atom. The van der Waals surface area contributed by atoms with E-state index in [-0.39, 0.29) is 12.5 Å². The molecule has 0 aromatic rings. The average Bonchev–Trinajstić information content (AvgIpc) is 2.35. The number of nitrogens with one attached hydrogen (secondary N) is 1. The van der Waals surface area contributed by atoms with Crippen LogP contribution in [0.25, 0.3) is 0 Å². The van der Waals surface area contributed by atoms with E-state index in [9.17, 15) is 14.7 Å². The summed E-state index contributed by atoms with van der Waals surface area (Å²) in [5, 5.41) is 12.8. The maximum atomic E-state index is 11.8. The van der Waals surface area contributed by atoms with Crippen LogP contribution in [0.4, 0.5) is 0 Å². The summed E-state index contributed by atoms with van der Waals surface area (Å²) in [6.45, 7) is 1.95. The van der Waals surface area contributed by atoms with Crippen LogP contribution in [0.2, 0.25) is 0 Å². The van der Waals surface area contributed by atoms with E-state index in [0.717, 1.165) is 25.7 Å². The normalized spacial score (nSPS) is 20.7. The van der Waals surface area contributed by atoms with Crippen molar-refractivity contribution in [1.82, 2.24) is 5.32 Å². The third-order valence-electron chi connectivity index (χ3n) is 3.76. The first-order chi connectivity index (χ1) is 9.20. The Kier molecular flexibility index (Phi) is 7.48. The van der Waals surface area contributed by atoms with Crippen molar-refractivity contribution in [3.8, 4) is 0 Å². The van der Waals surface area contributed by atoms with E-state index in [0.29, 0.717) is 6.41 Å². The number of ether oxygens (including phenoxy) is 1. The lowest BCUT2D eigenvalue weighted by Crippen LogP contribution is -2.49. The number of esters is 1. The average molecular weight is 271 g/mol. The van der Waals surface area contributed by atoms with Crippen LogP contribution in [-0.2, 0) is 14.3 Å². The molecule has 2 unspecified atom stereocenters. The summed E-state index contributed by atoms with van der Waals surface area (Å²) >= 11 is 0. The Morgan fingerprint density at radius 2 is 1.89 bits per heavy atom. The Labute approximate surface area is 114 Å². The molecule has 0 radical (unpaired) electrons. The number of hydrogen-bond donors (Lipinski definition) is 2. The highest BCUT2D eigenvalue weighted by Gasteiger charge is 2.33. The molecule has 0 aromatic carbocycles. The molecule has 0 heterocycles. The second-order valence-corrected chi connectivity index (χ2v) is 5.11. The van der Waals surface area contributed by atoms with Gasteiger partial charge in [0.15, 0.2) is 6.04 Å². The monoisotopic (exact) mass is 271 g/mol. The molecule has 0 aromatic heterocycles. The molecular formula is C14H25NO4. The van der Waals surface area contributed by atoms with Crippen molar-refractivity contribution in [2.75, 3.05) is 6.61 Å². The third-order valence-corrected chi connectivity index (χ3v) is 3.76. The van der Waals surface area contributed by atoms with E-state index in [1.165, 1.54) is 19.3 Å². The minimum Gasteiger partial charge on any atom is -0.464 e. The quantitative estimate of drug-likeness (QED) is 0.565. The van der Waals surface area contributed by atoms with Gasteiger partial charge in [-0.15, -0.1) is 0 Å². The molecule has 0 aliphatic heterocycles. The number of amides is 1. The fraction of sp³-hybridized carbons (Fsp3) is 0.857. The Morgan fingerprint density at radius 1 is 1.32 bits per heavy atom. The molecule has 1 fully saturated rings. The Bertz CT molecular complexity index is 275. The summed E-state index contributed by atoms with van der Waals surface area (Å²) < 4.78 is 4.90. The molecule has 5 heteroatoms. The Hall–Kier alpha value is -1.10. The summed E-state index contributed by atoms with van der Waals surface area (Å²) in [5.74, 6) is -0.494. The van der Waals surface area contributed by atoms with Crippen molar-refractivity contribution < 1.29 is 19.4 Å². The van der Waals surface area contributed by atoms with Gasteiger partial charge in [-0.05, 0) is 25.7 Å². The van der Waals surface area contributed by atoms with E-state index in [1.807, 2.05) is 0 Å². The van der Waals surface area contributed by atoms with Crippen LogP contribution in [0.1, 0.15) is 51.9 Å². The number of carbonyl (C=O) groups is 2. The zero-order valence-corrected chi connectivity index (χ0v) is 11.6. The molecule has 110 valence electrons. The second kappa shape index (κ2) is 8.91. The predicted molar refractivity (Wildman–Crippen MR) is 71.4 cm³/mol. The first-order valence-electron chi connectivity index (χ1n) is 7.25. The van der Waals surface area contributed by atoms with Gasteiger partial charge in [0, 0.05) is 0 Å². The van der Waals surface area contributed by atoms with Gasteiger partial charge in [-0.2, -0.15) is 0 Å². The van der Waals surface area contributed by atoms with Gasteiger partial charge in [-0.1, -0.05) is 32.1 Å². The van der Waals surface area contributed by atoms with Gasteiger partial charge in [0.1, 0.15) is 0 Å². The highest BCUT2D eigenvalue weighted by molar-refractivity contribution is 5.79. The van der Waals surface area contributed by atoms with Crippen LogP contribution >= 0.6 is 0 Å². The lowest BCUT2D eigenvalue weighted by molar-refractivity contribution is -0.151. The maximum absolute atomic E-state index is 11.8. The predicted octanol–water partition coefficient (Wildman–Crippen LogP) is 1.39. The van der Waals surface area contributed by atoms with Crippen LogP contribution in [-0.4, -0.2) is 36.2 Å². The zero-order chi connectivity index (χ0) is 14.1. The SMILES string of the molecule is CCOC(=O)C(NC=O)C(O)C1CCCCCCC1. The molecule has 1 amide bonds. The molecule has 2 N–H and O–H groups in total. The van der Waals surface area contributed by atoms with Crippen LogP contribution in [0, 0.1) is 5.92 Å². The van der Waals surface area contributed by atoms with Crippen LogP contribution in [0.15, 0.2) is 0 Å². The molecule has 2 atom stereocenters. The van der Waals surface area contributed by atoms with Gasteiger partial charge < -0.3 is 15.2 Å². The second-order valence-electron chi connectivity index (χ2n) is 5.11. The summed E-state index contributed by atoms with van der Waals surface area (Å²) in [6.07, 6.45) is 7.13. The molecule has 0 bridgehead atoms. The van der Waals surface area contributed by atoms with E-state index in [4.69, 9.17) is 4.74 Å². The van der Waals surface area contributed by atoms with Crippen LogP contribution < -0.4 is 5.32 Å². The zero-order valence-electron chi connectivity index (χ0n) is 11.6. The molecule has 5 nitrogen and oxygen atoms in total. The first-order valence-corrected chi connectivity index (χ1v) is 7.25. The van der Waals surface area contributed by atoms with Gasteiger partial charge in [0.2, 0.25) is 6.41 Å². The fourth-order valence-corrected chi connectivity index (χ4v) is 2.71. The molecule has 1 saturated carbocycles. The summed E-state index contributed by atoms with van der Waals surface area (Å²) in [7, 11) is 0. The molecule has 0 saturated heterocycles. The maximum Gasteiger partial charge on any atom is 0.331 e. The number of rotatable bonds is 6. The molecule has 1 aliphatic carbocycles. The van der Waals surface area contributed by atoms with Crippen molar-refractivity contribution in [1.29, 1.82) is 0 Å². The number of aliphatic hydroxyl groups is 1. The van der Waals surface area contributed by atoms with Crippen molar-refractivity contribution in [3.05, 3.63) is 0 Å². The smallest absolute Gasteiger partial charge is 0.331 e. The van der Waals surface area contributed by atoms with Gasteiger partial charge in [-0.3, -0.25) is 4.79 Å². The van der Waals surface area contributed by atoms with Crippen LogP contribution in [0.5, 0.6) is 0 Å². The number of carbonyl (C=O) groups excluding carboxylic acids is 2. The summed E-state index contributed by atoms with van der Waals surface area (Å²) in [6, 6.07) is -0.943. The Balaban J connectivity index is 2.64. The van der Waals surface area contributed by atoms with Gasteiger partial charge in [-0.25, -0.2) is 4.79 Å². The fourth-order valence-electron chi connectivity index (χ4n) is 2.71. The highest BCUT2D eigenvalue weighted by atomic mass is 16.5. The topological polar surface area (TPSA) is 75.6 Å². The first kappa shape index (κ1) is 16.0.